The molecule has 1 fully saturated rings. The van der Waals surface area contributed by atoms with Gasteiger partial charge in [-0.1, -0.05) is 55.5 Å². The van der Waals surface area contributed by atoms with Crippen molar-refractivity contribution in [2.24, 2.45) is 5.92 Å². The van der Waals surface area contributed by atoms with Gasteiger partial charge in [0.1, 0.15) is 0 Å². The van der Waals surface area contributed by atoms with E-state index in [1.54, 1.807) is 6.07 Å². The molecule has 0 radical (unpaired) electrons. The average molecular weight is 402 g/mol. The Balaban J connectivity index is 1.55. The highest BCUT2D eigenvalue weighted by Gasteiger charge is 2.27. The largest absolute Gasteiger partial charge is 0.452 e. The number of hydrogen-bond donors (Lipinski definition) is 0. The highest BCUT2D eigenvalue weighted by molar-refractivity contribution is 6.05. The van der Waals surface area contributed by atoms with Gasteiger partial charge in [0.15, 0.2) is 6.61 Å². The number of pyridine rings is 1. The predicted molar refractivity (Wildman–Crippen MR) is 117 cm³/mol. The van der Waals surface area contributed by atoms with Crippen LogP contribution < -0.4 is 0 Å². The van der Waals surface area contributed by atoms with Crippen molar-refractivity contribution in [3.63, 3.8) is 0 Å². The summed E-state index contributed by atoms with van der Waals surface area (Å²) in [4.78, 5) is 32.1. The summed E-state index contributed by atoms with van der Waals surface area (Å²) in [5.74, 6) is -0.0190. The predicted octanol–water partition coefficient (Wildman–Crippen LogP) is 4.71. The van der Waals surface area contributed by atoms with E-state index < -0.39 is 5.97 Å². The maximum atomic E-state index is 12.9. The third-order valence-electron chi connectivity index (χ3n) is 5.35. The lowest BCUT2D eigenvalue weighted by Crippen LogP contribution is -2.36. The molecule has 1 aliphatic carbocycles. The van der Waals surface area contributed by atoms with Crippen LogP contribution in [0.1, 0.15) is 36.5 Å². The van der Waals surface area contributed by atoms with E-state index in [0.29, 0.717) is 23.7 Å². The molecule has 4 rings (SSSR count). The van der Waals surface area contributed by atoms with Gasteiger partial charge in [-0.25, -0.2) is 9.78 Å². The fraction of sp³-hybridized carbons (Fsp3) is 0.320. The quantitative estimate of drug-likeness (QED) is 0.512. The van der Waals surface area contributed by atoms with Gasteiger partial charge in [-0.05, 0) is 37.3 Å². The first-order valence-corrected chi connectivity index (χ1v) is 10.6. The van der Waals surface area contributed by atoms with Crippen molar-refractivity contribution in [1.29, 1.82) is 0 Å². The highest BCUT2D eigenvalue weighted by Crippen LogP contribution is 2.30. The van der Waals surface area contributed by atoms with Crippen LogP contribution in [0.15, 0.2) is 60.7 Å². The first-order chi connectivity index (χ1) is 14.7. The Hall–Kier alpha value is -3.21. The van der Waals surface area contributed by atoms with Gasteiger partial charge in [0.25, 0.3) is 5.91 Å². The SMILES string of the molecule is CCCN(CC1CC1)C(=O)COC(=O)c1cc(-c2ccccc2)nc2ccccc12. The van der Waals surface area contributed by atoms with Crippen LogP contribution in [-0.2, 0) is 9.53 Å². The molecule has 1 heterocycles. The summed E-state index contributed by atoms with van der Waals surface area (Å²) in [7, 11) is 0. The van der Waals surface area contributed by atoms with Crippen molar-refractivity contribution in [1.82, 2.24) is 9.88 Å². The fourth-order valence-electron chi connectivity index (χ4n) is 3.60. The van der Waals surface area contributed by atoms with Crippen molar-refractivity contribution in [3.05, 3.63) is 66.2 Å². The van der Waals surface area contributed by atoms with E-state index in [9.17, 15) is 9.59 Å². The van der Waals surface area contributed by atoms with E-state index in [1.165, 1.54) is 12.8 Å². The molecule has 3 aromatic rings. The summed E-state index contributed by atoms with van der Waals surface area (Å²) < 4.78 is 5.46. The zero-order chi connectivity index (χ0) is 20.9. The third-order valence-corrected chi connectivity index (χ3v) is 5.35. The summed E-state index contributed by atoms with van der Waals surface area (Å²) in [5.41, 5.74) is 2.77. The first kappa shape index (κ1) is 20.1. The van der Waals surface area contributed by atoms with Gasteiger partial charge >= 0.3 is 5.97 Å². The average Bonchev–Trinajstić information content (AvgIpc) is 3.61. The molecule has 0 saturated heterocycles. The van der Waals surface area contributed by atoms with Gasteiger partial charge < -0.3 is 9.64 Å². The normalized spacial score (nSPS) is 13.2. The number of nitrogens with zero attached hydrogens (tertiary/aromatic N) is 2. The highest BCUT2D eigenvalue weighted by atomic mass is 16.5. The van der Waals surface area contributed by atoms with Crippen LogP contribution in [0.5, 0.6) is 0 Å². The smallest absolute Gasteiger partial charge is 0.339 e. The van der Waals surface area contributed by atoms with Crippen LogP contribution in [0.2, 0.25) is 0 Å². The van der Waals surface area contributed by atoms with Gasteiger partial charge in [0.05, 0.1) is 16.8 Å². The molecular weight excluding hydrogens is 376 g/mol. The number of fused-ring (bicyclic) bond motifs is 1. The number of esters is 1. The standard InChI is InChI=1S/C25H26N2O3/c1-2-14-27(16-18-12-13-18)24(28)17-30-25(29)21-15-23(19-8-4-3-5-9-19)26-22-11-7-6-10-20(21)22/h3-11,15,18H,2,12-14,16-17H2,1H3. The number of para-hydroxylation sites is 1. The third kappa shape index (κ3) is 4.67. The van der Waals surface area contributed by atoms with Crippen LogP contribution in [0.25, 0.3) is 22.2 Å². The number of rotatable bonds is 8. The Morgan fingerprint density at radius 3 is 2.53 bits per heavy atom. The lowest BCUT2D eigenvalue weighted by molar-refractivity contribution is -0.134. The van der Waals surface area contributed by atoms with Crippen LogP contribution in [0.3, 0.4) is 0 Å². The number of hydrogen-bond acceptors (Lipinski definition) is 4. The maximum Gasteiger partial charge on any atom is 0.339 e. The minimum atomic E-state index is -0.498. The molecule has 1 saturated carbocycles. The molecule has 1 aliphatic rings. The second kappa shape index (κ2) is 9.08. The Labute approximate surface area is 176 Å². The first-order valence-electron chi connectivity index (χ1n) is 10.6. The van der Waals surface area contributed by atoms with Crippen LogP contribution in [-0.4, -0.2) is 41.5 Å². The fourth-order valence-corrected chi connectivity index (χ4v) is 3.60. The van der Waals surface area contributed by atoms with Crippen molar-refractivity contribution in [2.45, 2.75) is 26.2 Å². The minimum absolute atomic E-state index is 0.126. The number of carbonyl (C=O) groups excluding carboxylic acids is 2. The number of amides is 1. The molecule has 30 heavy (non-hydrogen) atoms. The number of ether oxygens (including phenoxy) is 1. The minimum Gasteiger partial charge on any atom is -0.452 e. The molecule has 0 atom stereocenters. The Morgan fingerprint density at radius 2 is 1.80 bits per heavy atom. The zero-order valence-corrected chi connectivity index (χ0v) is 17.2. The molecule has 0 N–H and O–H groups in total. The molecule has 0 spiro atoms. The van der Waals surface area contributed by atoms with Gasteiger partial charge in [-0.2, -0.15) is 0 Å². The Morgan fingerprint density at radius 1 is 1.07 bits per heavy atom. The number of aromatic nitrogens is 1. The Bertz CT molecular complexity index is 1040. The van der Waals surface area contributed by atoms with Crippen LogP contribution in [0.4, 0.5) is 0 Å². The monoisotopic (exact) mass is 402 g/mol. The van der Waals surface area contributed by atoms with Crippen molar-refractivity contribution in [3.8, 4) is 11.3 Å². The van der Waals surface area contributed by atoms with Crippen LogP contribution >= 0.6 is 0 Å². The number of benzene rings is 2. The summed E-state index contributed by atoms with van der Waals surface area (Å²) in [6.07, 6.45) is 3.25. The van der Waals surface area contributed by atoms with Gasteiger partial charge in [0.2, 0.25) is 0 Å². The van der Waals surface area contributed by atoms with Crippen molar-refractivity contribution in [2.75, 3.05) is 19.7 Å². The lowest BCUT2D eigenvalue weighted by atomic mass is 10.0. The van der Waals surface area contributed by atoms with Gasteiger partial charge in [-0.3, -0.25) is 4.79 Å². The van der Waals surface area contributed by atoms with Crippen molar-refractivity contribution < 1.29 is 14.3 Å². The molecule has 2 aromatic carbocycles. The van der Waals surface area contributed by atoms with Crippen molar-refractivity contribution >= 4 is 22.8 Å². The van der Waals surface area contributed by atoms with E-state index in [0.717, 1.165) is 29.4 Å². The molecule has 0 bridgehead atoms. The second-order valence-electron chi connectivity index (χ2n) is 7.80. The molecule has 1 amide bonds. The molecular formula is C25H26N2O3. The van der Waals surface area contributed by atoms with Crippen LogP contribution in [0, 0.1) is 5.92 Å². The number of carbonyl (C=O) groups is 2. The second-order valence-corrected chi connectivity index (χ2v) is 7.80. The van der Waals surface area contributed by atoms with E-state index in [2.05, 4.69) is 0 Å². The Kier molecular flexibility index (Phi) is 6.07. The summed E-state index contributed by atoms with van der Waals surface area (Å²) in [6, 6.07) is 19.0. The summed E-state index contributed by atoms with van der Waals surface area (Å²) in [6.45, 7) is 3.28. The topological polar surface area (TPSA) is 59.5 Å². The van der Waals surface area contributed by atoms with E-state index in [-0.39, 0.29) is 12.5 Å². The summed E-state index contributed by atoms with van der Waals surface area (Å²) >= 11 is 0. The molecule has 5 nitrogen and oxygen atoms in total. The van der Waals surface area contributed by atoms with E-state index in [4.69, 9.17) is 9.72 Å². The summed E-state index contributed by atoms with van der Waals surface area (Å²) in [5, 5.41) is 0.720. The van der Waals surface area contributed by atoms with E-state index >= 15 is 0 Å². The lowest BCUT2D eigenvalue weighted by Gasteiger charge is -2.21. The van der Waals surface area contributed by atoms with Gasteiger partial charge in [0, 0.05) is 24.0 Å². The molecule has 5 heteroatoms. The van der Waals surface area contributed by atoms with E-state index in [1.807, 2.05) is 66.4 Å². The molecule has 154 valence electrons. The van der Waals surface area contributed by atoms with Gasteiger partial charge in [-0.15, -0.1) is 0 Å². The zero-order valence-electron chi connectivity index (χ0n) is 17.2. The molecule has 0 unspecified atom stereocenters. The molecule has 1 aromatic heterocycles. The maximum absolute atomic E-state index is 12.9. The molecule has 0 aliphatic heterocycles.